The standard InChI is InChI=1S/C18H23F2N5O/c1-11(2)25-8-4-12(26)13-16(21)14(19)17(15(20)18(13)25)23-5-3-7-24-9-6-22-10-24/h6,9-11,23H,3-5,7-8,21H2,1-2H3. The minimum absolute atomic E-state index is 0.0321. The summed E-state index contributed by atoms with van der Waals surface area (Å²) < 4.78 is 31.6. The fourth-order valence-corrected chi connectivity index (χ4v) is 3.27. The highest BCUT2D eigenvalue weighted by atomic mass is 19.1. The first-order chi connectivity index (χ1) is 12.4. The summed E-state index contributed by atoms with van der Waals surface area (Å²) in [6.45, 7) is 5.23. The number of nitrogens with two attached hydrogens (primary N) is 1. The number of ketones is 1. The molecule has 8 heteroatoms. The Morgan fingerprint density at radius 1 is 1.35 bits per heavy atom. The molecule has 140 valence electrons. The number of aryl methyl sites for hydroxylation is 1. The van der Waals surface area contributed by atoms with Gasteiger partial charge < -0.3 is 20.5 Å². The van der Waals surface area contributed by atoms with Crippen LogP contribution in [0.15, 0.2) is 18.7 Å². The van der Waals surface area contributed by atoms with E-state index < -0.39 is 11.6 Å². The molecule has 0 unspecified atom stereocenters. The lowest BCUT2D eigenvalue weighted by atomic mass is 9.95. The molecule has 3 rings (SSSR count). The van der Waals surface area contributed by atoms with Gasteiger partial charge in [0.25, 0.3) is 0 Å². The topological polar surface area (TPSA) is 76.2 Å². The molecule has 6 nitrogen and oxygen atoms in total. The highest BCUT2D eigenvalue weighted by Crippen LogP contribution is 2.41. The summed E-state index contributed by atoms with van der Waals surface area (Å²) in [6.07, 6.45) is 6.04. The highest BCUT2D eigenvalue weighted by molar-refractivity contribution is 6.09. The van der Waals surface area contributed by atoms with Gasteiger partial charge in [0, 0.05) is 44.5 Å². The van der Waals surface area contributed by atoms with Crippen LogP contribution in [0.25, 0.3) is 0 Å². The molecule has 0 saturated carbocycles. The summed E-state index contributed by atoms with van der Waals surface area (Å²) in [5, 5.41) is 2.81. The average Bonchev–Trinajstić information content (AvgIpc) is 3.12. The van der Waals surface area contributed by atoms with Crippen molar-refractivity contribution in [2.45, 2.75) is 39.3 Å². The van der Waals surface area contributed by atoms with Crippen LogP contribution in [0.3, 0.4) is 0 Å². The molecule has 2 heterocycles. The smallest absolute Gasteiger partial charge is 0.173 e. The van der Waals surface area contributed by atoms with Crippen molar-refractivity contribution >= 4 is 22.8 Å². The lowest BCUT2D eigenvalue weighted by molar-refractivity contribution is 0.0979. The van der Waals surface area contributed by atoms with E-state index in [1.54, 1.807) is 17.4 Å². The monoisotopic (exact) mass is 363 g/mol. The van der Waals surface area contributed by atoms with E-state index in [-0.39, 0.29) is 40.9 Å². The second kappa shape index (κ2) is 7.31. The molecular formula is C18H23F2N5O. The zero-order valence-electron chi connectivity index (χ0n) is 14.9. The molecule has 1 aromatic carbocycles. The fraction of sp³-hybridized carbons (Fsp3) is 0.444. The van der Waals surface area contributed by atoms with Gasteiger partial charge in [-0.3, -0.25) is 4.79 Å². The van der Waals surface area contributed by atoms with Gasteiger partial charge in [-0.15, -0.1) is 0 Å². The number of fused-ring (bicyclic) bond motifs is 1. The van der Waals surface area contributed by atoms with Gasteiger partial charge in [-0.05, 0) is 20.3 Å². The van der Waals surface area contributed by atoms with Crippen molar-refractivity contribution < 1.29 is 13.6 Å². The van der Waals surface area contributed by atoms with Gasteiger partial charge in [-0.2, -0.15) is 0 Å². The number of rotatable bonds is 6. The predicted octanol–water partition coefficient (Wildman–Crippen LogP) is 3.05. The molecular weight excluding hydrogens is 340 g/mol. The maximum atomic E-state index is 15.1. The van der Waals surface area contributed by atoms with Crippen molar-refractivity contribution in [1.29, 1.82) is 0 Å². The van der Waals surface area contributed by atoms with E-state index in [9.17, 15) is 9.18 Å². The molecule has 2 aromatic rings. The predicted molar refractivity (Wildman–Crippen MR) is 97.5 cm³/mol. The molecule has 0 saturated heterocycles. The van der Waals surface area contributed by atoms with Gasteiger partial charge in [-0.25, -0.2) is 13.8 Å². The fourth-order valence-electron chi connectivity index (χ4n) is 3.27. The molecule has 0 radical (unpaired) electrons. The largest absolute Gasteiger partial charge is 0.396 e. The molecule has 3 N–H and O–H groups in total. The summed E-state index contributed by atoms with van der Waals surface area (Å²) in [4.78, 5) is 17.9. The second-order valence-electron chi connectivity index (χ2n) is 6.68. The number of hydrogen-bond donors (Lipinski definition) is 2. The Kier molecular flexibility index (Phi) is 5.11. The van der Waals surface area contributed by atoms with Crippen LogP contribution in [-0.2, 0) is 6.54 Å². The Labute approximate surface area is 151 Å². The number of anilines is 3. The molecule has 0 bridgehead atoms. The summed E-state index contributed by atoms with van der Waals surface area (Å²) >= 11 is 0. The number of halogens is 2. The Balaban J connectivity index is 1.87. The van der Waals surface area contributed by atoms with Gasteiger partial charge in [-0.1, -0.05) is 0 Å². The third-order valence-electron chi connectivity index (χ3n) is 4.61. The van der Waals surface area contributed by atoms with Crippen molar-refractivity contribution in [3.8, 4) is 0 Å². The number of hydrogen-bond acceptors (Lipinski definition) is 5. The number of carbonyl (C=O) groups is 1. The van der Waals surface area contributed by atoms with E-state index >= 15 is 4.39 Å². The van der Waals surface area contributed by atoms with Crippen LogP contribution in [-0.4, -0.2) is 34.5 Å². The molecule has 26 heavy (non-hydrogen) atoms. The van der Waals surface area contributed by atoms with Gasteiger partial charge in [0.05, 0.1) is 23.3 Å². The Morgan fingerprint density at radius 3 is 2.77 bits per heavy atom. The highest BCUT2D eigenvalue weighted by Gasteiger charge is 2.34. The Hall–Kier alpha value is -2.64. The third-order valence-corrected chi connectivity index (χ3v) is 4.61. The van der Waals surface area contributed by atoms with E-state index in [0.717, 1.165) is 0 Å². The molecule has 1 aliphatic heterocycles. The van der Waals surface area contributed by atoms with Gasteiger partial charge in [0.15, 0.2) is 17.4 Å². The minimum atomic E-state index is -0.900. The zero-order chi connectivity index (χ0) is 18.8. The number of Topliss-reactive ketones (excluding diaryl/α,β-unsaturated/α-hetero) is 1. The van der Waals surface area contributed by atoms with Crippen molar-refractivity contribution in [2.24, 2.45) is 0 Å². The Morgan fingerprint density at radius 2 is 2.12 bits per heavy atom. The van der Waals surface area contributed by atoms with E-state index in [2.05, 4.69) is 10.3 Å². The number of imidazole rings is 1. The van der Waals surface area contributed by atoms with E-state index in [0.29, 0.717) is 26.1 Å². The van der Waals surface area contributed by atoms with Crippen molar-refractivity contribution in [1.82, 2.24) is 9.55 Å². The maximum Gasteiger partial charge on any atom is 0.173 e. The van der Waals surface area contributed by atoms with Crippen molar-refractivity contribution in [2.75, 3.05) is 29.0 Å². The number of aromatic nitrogens is 2. The van der Waals surface area contributed by atoms with E-state index in [1.165, 1.54) is 0 Å². The first kappa shape index (κ1) is 18.2. The normalized spacial score (nSPS) is 14.0. The lowest BCUT2D eigenvalue weighted by Crippen LogP contribution is -2.39. The maximum absolute atomic E-state index is 15.1. The summed E-state index contributed by atoms with van der Waals surface area (Å²) in [5.74, 6) is -1.97. The van der Waals surface area contributed by atoms with Crippen LogP contribution in [0.4, 0.5) is 25.8 Å². The number of nitrogens with one attached hydrogen (secondary N) is 1. The zero-order valence-corrected chi connectivity index (χ0v) is 14.9. The van der Waals surface area contributed by atoms with Crippen molar-refractivity contribution in [3.63, 3.8) is 0 Å². The van der Waals surface area contributed by atoms with Gasteiger partial charge >= 0.3 is 0 Å². The second-order valence-corrected chi connectivity index (χ2v) is 6.68. The molecule has 1 aromatic heterocycles. The average molecular weight is 363 g/mol. The Bertz CT molecular complexity index is 805. The molecule has 0 amide bonds. The third kappa shape index (κ3) is 3.23. The van der Waals surface area contributed by atoms with Crippen LogP contribution in [0.1, 0.15) is 37.0 Å². The number of carbonyl (C=O) groups excluding carboxylic acids is 1. The lowest BCUT2D eigenvalue weighted by Gasteiger charge is -2.35. The molecule has 0 aliphatic carbocycles. The summed E-state index contributed by atoms with van der Waals surface area (Å²) in [7, 11) is 0. The number of nitrogens with zero attached hydrogens (tertiary/aromatic N) is 3. The number of benzene rings is 1. The molecule has 0 spiro atoms. The quantitative estimate of drug-likeness (QED) is 0.609. The van der Waals surface area contributed by atoms with Gasteiger partial charge in [0.1, 0.15) is 5.69 Å². The van der Waals surface area contributed by atoms with Crippen LogP contribution in [0.2, 0.25) is 0 Å². The van der Waals surface area contributed by atoms with E-state index in [1.807, 2.05) is 24.6 Å². The van der Waals surface area contributed by atoms with Crippen LogP contribution >= 0.6 is 0 Å². The number of nitrogen functional groups attached to an aromatic ring is 1. The first-order valence-corrected chi connectivity index (χ1v) is 8.71. The van der Waals surface area contributed by atoms with Crippen LogP contribution in [0.5, 0.6) is 0 Å². The van der Waals surface area contributed by atoms with Crippen LogP contribution < -0.4 is 16.0 Å². The minimum Gasteiger partial charge on any atom is -0.396 e. The van der Waals surface area contributed by atoms with Gasteiger partial charge in [0.2, 0.25) is 0 Å². The molecule has 0 atom stereocenters. The summed E-state index contributed by atoms with van der Waals surface area (Å²) in [5.41, 5.74) is 5.38. The first-order valence-electron chi connectivity index (χ1n) is 8.71. The SMILES string of the molecule is CC(C)N1CCC(=O)c2c(N)c(F)c(NCCCn3ccnc3)c(F)c21. The van der Waals surface area contributed by atoms with Crippen LogP contribution in [0, 0.1) is 11.6 Å². The summed E-state index contributed by atoms with van der Waals surface area (Å²) in [6, 6.07) is -0.0321. The van der Waals surface area contributed by atoms with Crippen molar-refractivity contribution in [3.05, 3.63) is 35.9 Å². The molecule has 0 fully saturated rings. The molecule has 1 aliphatic rings. The van der Waals surface area contributed by atoms with E-state index in [4.69, 9.17) is 5.73 Å².